The van der Waals surface area contributed by atoms with E-state index in [0.29, 0.717) is 18.1 Å². The van der Waals surface area contributed by atoms with Crippen LogP contribution in [0.2, 0.25) is 0 Å². The van der Waals surface area contributed by atoms with Crippen molar-refractivity contribution in [3.63, 3.8) is 0 Å². The summed E-state index contributed by atoms with van der Waals surface area (Å²) in [5.41, 5.74) is 6.13. The van der Waals surface area contributed by atoms with Crippen LogP contribution in [0, 0.1) is 0 Å². The maximum Gasteiger partial charge on any atom is 0.0413 e. The summed E-state index contributed by atoms with van der Waals surface area (Å²) < 4.78 is 0. The Labute approximate surface area is 96.1 Å². The Bertz CT molecular complexity index is 297. The molecule has 1 aromatic heterocycles. The van der Waals surface area contributed by atoms with Crippen LogP contribution in [0.1, 0.15) is 37.1 Å². The van der Waals surface area contributed by atoms with Crippen LogP contribution < -0.4 is 5.73 Å². The minimum Gasteiger partial charge on any atom is -0.326 e. The number of likely N-dealkylation sites (N-methyl/N-ethyl adjacent to an activating group) is 1. The van der Waals surface area contributed by atoms with Crippen LogP contribution in [0.15, 0.2) is 17.5 Å². The number of hydrogen-bond acceptors (Lipinski definition) is 3. The lowest BCUT2D eigenvalue weighted by atomic mass is 10.1. The van der Waals surface area contributed by atoms with Gasteiger partial charge in [0, 0.05) is 23.0 Å². The molecule has 2 nitrogen and oxygen atoms in total. The van der Waals surface area contributed by atoms with Crippen molar-refractivity contribution < 1.29 is 0 Å². The molecule has 0 spiro atoms. The summed E-state index contributed by atoms with van der Waals surface area (Å²) >= 11 is 1.84. The first-order valence-corrected chi connectivity index (χ1v) is 6.59. The highest BCUT2D eigenvalue weighted by Crippen LogP contribution is 2.30. The molecule has 1 aromatic rings. The smallest absolute Gasteiger partial charge is 0.0413 e. The van der Waals surface area contributed by atoms with E-state index in [2.05, 4.69) is 36.4 Å². The SMILES string of the molecule is CC(c1cccs1)N(C)C1CCCC1N. The zero-order valence-electron chi connectivity index (χ0n) is 9.52. The second-order valence-electron chi connectivity index (χ2n) is 4.52. The van der Waals surface area contributed by atoms with E-state index in [-0.39, 0.29) is 0 Å². The molecule has 3 atom stereocenters. The molecule has 0 saturated heterocycles. The standard InChI is InChI=1S/C12H20N2S/c1-9(12-7-4-8-15-12)14(2)11-6-3-5-10(11)13/h4,7-11H,3,5-6,13H2,1-2H3. The second-order valence-corrected chi connectivity index (χ2v) is 5.50. The Kier molecular flexibility index (Phi) is 3.44. The first-order valence-electron chi connectivity index (χ1n) is 5.71. The van der Waals surface area contributed by atoms with Crippen LogP contribution in [0.4, 0.5) is 0 Å². The fourth-order valence-corrected chi connectivity index (χ4v) is 3.33. The van der Waals surface area contributed by atoms with Crippen molar-refractivity contribution in [2.45, 2.75) is 44.3 Å². The Morgan fingerprint density at radius 2 is 2.33 bits per heavy atom. The van der Waals surface area contributed by atoms with E-state index in [9.17, 15) is 0 Å². The minimum absolute atomic E-state index is 0.373. The van der Waals surface area contributed by atoms with E-state index in [1.165, 1.54) is 24.1 Å². The van der Waals surface area contributed by atoms with E-state index in [4.69, 9.17) is 5.73 Å². The van der Waals surface area contributed by atoms with E-state index < -0.39 is 0 Å². The number of hydrogen-bond donors (Lipinski definition) is 1. The van der Waals surface area contributed by atoms with Crippen LogP contribution in [0.25, 0.3) is 0 Å². The van der Waals surface area contributed by atoms with Crippen molar-refractivity contribution in [3.8, 4) is 0 Å². The molecule has 84 valence electrons. The normalized spacial score (nSPS) is 28.5. The maximum atomic E-state index is 6.13. The lowest BCUT2D eigenvalue weighted by Gasteiger charge is -2.32. The van der Waals surface area contributed by atoms with Gasteiger partial charge in [-0.3, -0.25) is 4.90 Å². The van der Waals surface area contributed by atoms with E-state index >= 15 is 0 Å². The fourth-order valence-electron chi connectivity index (χ4n) is 2.49. The van der Waals surface area contributed by atoms with Gasteiger partial charge in [-0.15, -0.1) is 11.3 Å². The quantitative estimate of drug-likeness (QED) is 0.855. The first kappa shape index (κ1) is 11.1. The third kappa shape index (κ3) is 2.25. The van der Waals surface area contributed by atoms with Crippen molar-refractivity contribution >= 4 is 11.3 Å². The van der Waals surface area contributed by atoms with Gasteiger partial charge in [0.05, 0.1) is 0 Å². The lowest BCUT2D eigenvalue weighted by molar-refractivity contribution is 0.176. The number of thiophene rings is 1. The average Bonchev–Trinajstić information content (AvgIpc) is 2.85. The molecule has 1 heterocycles. The molecule has 3 heteroatoms. The van der Waals surface area contributed by atoms with Gasteiger partial charge in [0.1, 0.15) is 0 Å². The summed E-state index contributed by atoms with van der Waals surface area (Å²) in [4.78, 5) is 3.89. The third-order valence-corrected chi connectivity index (χ3v) is 4.66. The van der Waals surface area contributed by atoms with Gasteiger partial charge in [-0.25, -0.2) is 0 Å². The molecule has 15 heavy (non-hydrogen) atoms. The molecule has 0 aliphatic heterocycles. The molecule has 0 radical (unpaired) electrons. The van der Waals surface area contributed by atoms with Gasteiger partial charge in [0.2, 0.25) is 0 Å². The third-order valence-electron chi connectivity index (χ3n) is 3.62. The Morgan fingerprint density at radius 3 is 2.87 bits per heavy atom. The Balaban J connectivity index is 2.04. The summed E-state index contributed by atoms with van der Waals surface area (Å²) in [5.74, 6) is 0. The van der Waals surface area contributed by atoms with Crippen molar-refractivity contribution in [2.75, 3.05) is 7.05 Å². The molecule has 1 aliphatic carbocycles. The Hall–Kier alpha value is -0.380. The molecule has 1 fully saturated rings. The monoisotopic (exact) mass is 224 g/mol. The van der Waals surface area contributed by atoms with Gasteiger partial charge >= 0.3 is 0 Å². The highest BCUT2D eigenvalue weighted by molar-refractivity contribution is 7.10. The van der Waals surface area contributed by atoms with E-state index in [1.807, 2.05) is 11.3 Å². The fraction of sp³-hybridized carbons (Fsp3) is 0.667. The second kappa shape index (κ2) is 4.64. The van der Waals surface area contributed by atoms with Gasteiger partial charge in [0.15, 0.2) is 0 Å². The molecule has 2 N–H and O–H groups in total. The van der Waals surface area contributed by atoms with E-state index in [0.717, 1.165) is 0 Å². The molecule has 0 bridgehead atoms. The van der Waals surface area contributed by atoms with Crippen LogP contribution in [-0.2, 0) is 0 Å². The molecule has 2 rings (SSSR count). The van der Waals surface area contributed by atoms with Crippen LogP contribution >= 0.6 is 11.3 Å². The van der Waals surface area contributed by atoms with E-state index in [1.54, 1.807) is 0 Å². The zero-order valence-corrected chi connectivity index (χ0v) is 10.3. The molecule has 1 aliphatic rings. The predicted molar refractivity (Wildman–Crippen MR) is 66.1 cm³/mol. The summed E-state index contributed by atoms with van der Waals surface area (Å²) in [5, 5.41) is 2.15. The summed E-state index contributed by atoms with van der Waals surface area (Å²) in [7, 11) is 2.21. The zero-order chi connectivity index (χ0) is 10.8. The largest absolute Gasteiger partial charge is 0.326 e. The van der Waals surface area contributed by atoms with Crippen LogP contribution in [0.5, 0.6) is 0 Å². The summed E-state index contributed by atoms with van der Waals surface area (Å²) in [6, 6.07) is 5.78. The van der Waals surface area contributed by atoms with Crippen molar-refractivity contribution in [2.24, 2.45) is 5.73 Å². The van der Waals surface area contributed by atoms with Crippen molar-refractivity contribution in [1.82, 2.24) is 4.90 Å². The molecule has 0 aromatic carbocycles. The van der Waals surface area contributed by atoms with Gasteiger partial charge in [-0.1, -0.05) is 12.5 Å². The molecule has 3 unspecified atom stereocenters. The van der Waals surface area contributed by atoms with Crippen molar-refractivity contribution in [3.05, 3.63) is 22.4 Å². The van der Waals surface area contributed by atoms with Crippen LogP contribution in [0.3, 0.4) is 0 Å². The highest BCUT2D eigenvalue weighted by Gasteiger charge is 2.30. The summed E-state index contributed by atoms with van der Waals surface area (Å²) in [6.45, 7) is 2.27. The molecular formula is C12H20N2S. The minimum atomic E-state index is 0.373. The molecule has 1 saturated carbocycles. The lowest BCUT2D eigenvalue weighted by Crippen LogP contribution is -2.43. The van der Waals surface area contributed by atoms with Gasteiger partial charge in [-0.05, 0) is 38.3 Å². The number of rotatable bonds is 3. The first-order chi connectivity index (χ1) is 7.20. The molecule has 0 amide bonds. The van der Waals surface area contributed by atoms with Gasteiger partial charge in [-0.2, -0.15) is 0 Å². The average molecular weight is 224 g/mol. The summed E-state index contributed by atoms with van der Waals surface area (Å²) in [6.07, 6.45) is 3.73. The van der Waals surface area contributed by atoms with Crippen LogP contribution in [-0.4, -0.2) is 24.0 Å². The van der Waals surface area contributed by atoms with Gasteiger partial charge < -0.3 is 5.73 Å². The molecular weight excluding hydrogens is 204 g/mol. The van der Waals surface area contributed by atoms with Crippen molar-refractivity contribution in [1.29, 1.82) is 0 Å². The maximum absolute atomic E-state index is 6.13. The van der Waals surface area contributed by atoms with Gasteiger partial charge in [0.25, 0.3) is 0 Å². The Morgan fingerprint density at radius 1 is 1.53 bits per heavy atom. The number of nitrogens with two attached hydrogens (primary N) is 1. The highest BCUT2D eigenvalue weighted by atomic mass is 32.1. The predicted octanol–water partition coefficient (Wildman–Crippen LogP) is 2.62. The topological polar surface area (TPSA) is 29.3 Å². The number of nitrogens with zero attached hydrogens (tertiary/aromatic N) is 1.